The van der Waals surface area contributed by atoms with Crippen LogP contribution >= 0.6 is 0 Å². The Bertz CT molecular complexity index is 2020. The van der Waals surface area contributed by atoms with Crippen molar-refractivity contribution in [2.45, 2.75) is 83.6 Å². The van der Waals surface area contributed by atoms with Crippen LogP contribution in [0.25, 0.3) is 28.0 Å². The van der Waals surface area contributed by atoms with Gasteiger partial charge in [0.2, 0.25) is 5.78 Å². The molecule has 2 fully saturated rings. The minimum absolute atomic E-state index is 0.0617. The highest BCUT2D eigenvalue weighted by Gasteiger charge is 2.46. The molecular formula is C40H44N4O2. The maximum Gasteiger partial charge on any atom is 0.201 e. The Balaban J connectivity index is 1.21. The summed E-state index contributed by atoms with van der Waals surface area (Å²) in [6.07, 6.45) is 13.0. The number of benzene rings is 3. The fraction of sp³-hybridized carbons (Fsp3) is 0.425. The molecule has 0 saturated heterocycles. The van der Waals surface area contributed by atoms with E-state index in [9.17, 15) is 9.90 Å². The van der Waals surface area contributed by atoms with E-state index in [1.807, 2.05) is 12.1 Å². The Kier molecular flexibility index (Phi) is 5.97. The van der Waals surface area contributed by atoms with Crippen LogP contribution < -0.4 is 31.7 Å². The van der Waals surface area contributed by atoms with E-state index in [1.165, 1.54) is 18.4 Å². The van der Waals surface area contributed by atoms with Crippen molar-refractivity contribution in [3.8, 4) is 0 Å². The lowest BCUT2D eigenvalue weighted by Crippen LogP contribution is -2.61. The molecule has 2 saturated carbocycles. The highest BCUT2D eigenvalue weighted by molar-refractivity contribution is 6.52. The van der Waals surface area contributed by atoms with Gasteiger partial charge >= 0.3 is 0 Å². The van der Waals surface area contributed by atoms with E-state index in [1.54, 1.807) is 0 Å². The minimum Gasteiger partial charge on any atom is -0.506 e. The van der Waals surface area contributed by atoms with Crippen LogP contribution in [0.4, 0.5) is 17.1 Å². The van der Waals surface area contributed by atoms with E-state index in [4.69, 9.17) is 0 Å². The summed E-state index contributed by atoms with van der Waals surface area (Å²) in [6.45, 7) is 9.35. The monoisotopic (exact) mass is 612 g/mol. The third kappa shape index (κ3) is 4.08. The lowest BCUT2D eigenvalue weighted by atomic mass is 9.73. The molecule has 0 amide bonds. The molecule has 6 aliphatic rings. The van der Waals surface area contributed by atoms with Crippen LogP contribution in [0.15, 0.2) is 60.4 Å². The van der Waals surface area contributed by atoms with Crippen LogP contribution in [0.2, 0.25) is 0 Å². The number of rotatable bonds is 1. The number of carbonyl (C=O) groups excluding carboxylic acids is 1. The molecule has 5 unspecified atom stereocenters. The van der Waals surface area contributed by atoms with E-state index < -0.39 is 0 Å². The Morgan fingerprint density at radius 1 is 0.761 bits per heavy atom. The van der Waals surface area contributed by atoms with Gasteiger partial charge in [-0.25, -0.2) is 0 Å². The Morgan fingerprint density at radius 2 is 1.46 bits per heavy atom. The van der Waals surface area contributed by atoms with Crippen molar-refractivity contribution in [1.29, 1.82) is 0 Å². The van der Waals surface area contributed by atoms with Gasteiger partial charge in [0.15, 0.2) is 0 Å². The van der Waals surface area contributed by atoms with E-state index in [0.717, 1.165) is 69.5 Å². The molecule has 2 aliphatic heterocycles. The number of aliphatic hydroxyl groups excluding tert-OH is 1. The molecule has 6 nitrogen and oxygen atoms in total. The van der Waals surface area contributed by atoms with Crippen LogP contribution in [0, 0.1) is 23.7 Å². The van der Waals surface area contributed by atoms with E-state index in [2.05, 4.69) is 97.5 Å². The van der Waals surface area contributed by atoms with Crippen molar-refractivity contribution in [2.24, 2.45) is 23.7 Å². The average Bonchev–Trinajstić information content (AvgIpc) is 2.98. The summed E-state index contributed by atoms with van der Waals surface area (Å²) in [5.74, 6) is 2.33. The van der Waals surface area contributed by atoms with Gasteiger partial charge in [0.25, 0.3) is 0 Å². The Hall–Kier alpha value is -4.03. The molecule has 236 valence electrons. The lowest BCUT2D eigenvalue weighted by Gasteiger charge is -2.50. The highest BCUT2D eigenvalue weighted by atomic mass is 16.3. The van der Waals surface area contributed by atoms with Gasteiger partial charge in [-0.1, -0.05) is 82.3 Å². The molecule has 9 rings (SSSR count). The SMILES string of the molecule is CC1CC(C)CC2(C1)Nc1cccc3ccc(C4=C(O)/C(=c5\ccc6c7c5NC5(CC(C)CC(C)C5)NC7C=CC=6)C4=O)c(c13)N2. The molecule has 2 heterocycles. The molecule has 0 bridgehead atoms. The summed E-state index contributed by atoms with van der Waals surface area (Å²) in [5.41, 5.74) is 5.30. The number of carbonyl (C=O) groups is 1. The number of Topliss-reactive ketones (excluding diaryl/α,β-unsaturated/α-hetero) is 1. The third-order valence-electron chi connectivity index (χ3n) is 11.6. The lowest BCUT2D eigenvalue weighted by molar-refractivity contribution is -0.109. The molecule has 2 spiro atoms. The number of hydrogen-bond donors (Lipinski definition) is 5. The van der Waals surface area contributed by atoms with Gasteiger partial charge in [-0.2, -0.15) is 0 Å². The molecule has 6 heteroatoms. The van der Waals surface area contributed by atoms with Crippen LogP contribution in [0.5, 0.6) is 0 Å². The molecule has 0 radical (unpaired) electrons. The van der Waals surface area contributed by atoms with E-state index >= 15 is 0 Å². The van der Waals surface area contributed by atoms with Crippen LogP contribution in [-0.4, -0.2) is 22.2 Å². The van der Waals surface area contributed by atoms with Gasteiger partial charge in [0, 0.05) is 33.1 Å². The van der Waals surface area contributed by atoms with Gasteiger partial charge in [-0.05, 0) is 78.9 Å². The number of nitrogens with one attached hydrogen (secondary N) is 4. The second kappa shape index (κ2) is 9.74. The maximum absolute atomic E-state index is 14.4. The standard InChI is InChI=1S/C40H44N4O2/c1-21-15-22(2)18-39(17-21)41-29-9-5-7-25-11-13-27(35(43-39)31(25)29)33-37(45)34(38(33)46)28-14-12-26-8-6-10-30-32(26)36(28)44-40(42-30)19-23(3)16-24(4)20-40/h5-14,21-24,29,41-45H,15-20H2,1-4H3/b33-27-. The average molecular weight is 613 g/mol. The number of hydrogen-bond acceptors (Lipinski definition) is 6. The zero-order chi connectivity index (χ0) is 31.5. The highest BCUT2D eigenvalue weighted by Crippen LogP contribution is 2.50. The molecule has 3 aromatic rings. The maximum atomic E-state index is 14.4. The van der Waals surface area contributed by atoms with Gasteiger partial charge in [-0.15, -0.1) is 0 Å². The molecular weight excluding hydrogens is 568 g/mol. The third-order valence-corrected chi connectivity index (χ3v) is 11.6. The van der Waals surface area contributed by atoms with Crippen molar-refractivity contribution < 1.29 is 9.90 Å². The summed E-state index contributed by atoms with van der Waals surface area (Å²) in [5, 5.41) is 31.8. The number of allylic oxidation sites excluding steroid dienone is 3. The number of ketones is 1. The fourth-order valence-corrected chi connectivity index (χ4v) is 10.4. The van der Waals surface area contributed by atoms with Crippen LogP contribution in [-0.2, 0) is 4.79 Å². The zero-order valence-electron chi connectivity index (χ0n) is 27.3. The zero-order valence-corrected chi connectivity index (χ0v) is 27.3. The summed E-state index contributed by atoms with van der Waals surface area (Å²) < 4.78 is 0. The van der Waals surface area contributed by atoms with Gasteiger partial charge in [0.05, 0.1) is 28.5 Å². The van der Waals surface area contributed by atoms with Crippen molar-refractivity contribution in [1.82, 2.24) is 5.32 Å². The van der Waals surface area contributed by atoms with E-state index in [-0.39, 0.29) is 28.9 Å². The smallest absolute Gasteiger partial charge is 0.201 e. The first-order valence-electron chi connectivity index (χ1n) is 17.3. The summed E-state index contributed by atoms with van der Waals surface area (Å²) in [7, 11) is 0. The Labute approximate surface area is 270 Å². The molecule has 5 atom stereocenters. The van der Waals surface area contributed by atoms with Crippen LogP contribution in [0.1, 0.15) is 83.4 Å². The predicted octanol–water partition coefficient (Wildman–Crippen LogP) is 7.09. The minimum atomic E-state index is -0.287. The molecule has 46 heavy (non-hydrogen) atoms. The van der Waals surface area contributed by atoms with Gasteiger partial charge in [-0.3, -0.25) is 10.1 Å². The molecule has 3 aromatic carbocycles. The topological polar surface area (TPSA) is 85.4 Å². The largest absolute Gasteiger partial charge is 0.506 e. The Morgan fingerprint density at radius 3 is 2.17 bits per heavy atom. The van der Waals surface area contributed by atoms with Crippen molar-refractivity contribution in [3.63, 3.8) is 0 Å². The second-order valence-electron chi connectivity index (χ2n) is 15.7. The first-order valence-corrected chi connectivity index (χ1v) is 17.3. The van der Waals surface area contributed by atoms with Gasteiger partial charge in [0.1, 0.15) is 11.4 Å². The first-order chi connectivity index (χ1) is 22.1. The number of anilines is 3. The second-order valence-corrected chi connectivity index (χ2v) is 15.7. The van der Waals surface area contributed by atoms with E-state index in [0.29, 0.717) is 34.8 Å². The summed E-state index contributed by atoms with van der Waals surface area (Å²) in [4.78, 5) is 14.4. The quantitative estimate of drug-likeness (QED) is 0.202. The fourth-order valence-electron chi connectivity index (χ4n) is 10.4. The molecule has 0 aromatic heterocycles. The predicted molar refractivity (Wildman–Crippen MR) is 188 cm³/mol. The van der Waals surface area contributed by atoms with Crippen molar-refractivity contribution >= 4 is 50.8 Å². The van der Waals surface area contributed by atoms with Gasteiger partial charge < -0.3 is 21.1 Å². The van der Waals surface area contributed by atoms with Crippen LogP contribution in [0.3, 0.4) is 0 Å². The number of aliphatic hydroxyl groups is 1. The normalized spacial score (nSPS) is 35.2. The summed E-state index contributed by atoms with van der Waals surface area (Å²) >= 11 is 0. The molecule has 4 aliphatic carbocycles. The molecule has 5 N–H and O–H groups in total. The van der Waals surface area contributed by atoms with Crippen molar-refractivity contribution in [3.05, 3.63) is 81.9 Å². The first kappa shape index (κ1) is 28.2. The summed E-state index contributed by atoms with van der Waals surface area (Å²) in [6, 6.07) is 14.7. The van der Waals surface area contributed by atoms with Crippen molar-refractivity contribution in [2.75, 3.05) is 16.0 Å².